The summed E-state index contributed by atoms with van der Waals surface area (Å²) in [6.07, 6.45) is 0. The lowest BCUT2D eigenvalue weighted by molar-refractivity contribution is 0.173. The molecule has 0 N–H and O–H groups in total. The van der Waals surface area contributed by atoms with Gasteiger partial charge in [0.1, 0.15) is 13.2 Å². The molecule has 0 unspecified atom stereocenters. The number of ether oxygens (including phenoxy) is 2. The molecule has 0 atom stereocenters. The Morgan fingerprint density at radius 2 is 1.75 bits per heavy atom. The van der Waals surface area contributed by atoms with Gasteiger partial charge in [0.15, 0.2) is 11.5 Å². The molecule has 1 aliphatic rings. The van der Waals surface area contributed by atoms with E-state index in [4.69, 9.17) is 9.47 Å². The Morgan fingerprint density at radius 3 is 2.44 bits per heavy atom. The molecule has 0 amide bonds. The average molecular weight is 252 g/mol. The van der Waals surface area contributed by atoms with E-state index in [1.54, 1.807) is 22.7 Å². The van der Waals surface area contributed by atoms with Crippen LogP contribution in [-0.2, 0) is 0 Å². The molecule has 3 rings (SSSR count). The van der Waals surface area contributed by atoms with Crippen LogP contribution < -0.4 is 9.47 Å². The average Bonchev–Trinajstić information content (AvgIpc) is 2.84. The fourth-order valence-corrected chi connectivity index (χ4v) is 3.83. The lowest BCUT2D eigenvalue weighted by Crippen LogP contribution is -2.14. The first-order chi connectivity index (χ1) is 7.75. The highest BCUT2D eigenvalue weighted by molar-refractivity contribution is 7.22. The Hall–Kier alpha value is -1.00. The minimum absolute atomic E-state index is 0.653. The Kier molecular flexibility index (Phi) is 2.41. The van der Waals surface area contributed by atoms with Gasteiger partial charge in [0.25, 0.3) is 0 Å². The normalized spacial score (nSPS) is 14.1. The number of hydrogen-bond acceptors (Lipinski definition) is 4. The zero-order valence-electron chi connectivity index (χ0n) is 9.20. The second-order valence-electron chi connectivity index (χ2n) is 3.75. The van der Waals surface area contributed by atoms with Gasteiger partial charge in [0, 0.05) is 14.6 Å². The van der Waals surface area contributed by atoms with Gasteiger partial charge in [-0.3, -0.25) is 0 Å². The smallest absolute Gasteiger partial charge is 0.181 e. The highest BCUT2D eigenvalue weighted by Gasteiger charge is 2.23. The Morgan fingerprint density at radius 1 is 1.00 bits per heavy atom. The van der Waals surface area contributed by atoms with E-state index in [0.717, 1.165) is 11.5 Å². The van der Waals surface area contributed by atoms with Crippen LogP contribution in [0.2, 0.25) is 0 Å². The van der Waals surface area contributed by atoms with Crippen molar-refractivity contribution in [2.75, 3.05) is 13.2 Å². The molecular formula is C12H12O2S2. The molecule has 0 aliphatic carbocycles. The maximum Gasteiger partial charge on any atom is 0.181 e. The highest BCUT2D eigenvalue weighted by atomic mass is 32.1. The van der Waals surface area contributed by atoms with Crippen molar-refractivity contribution in [3.63, 3.8) is 0 Å². The molecule has 2 aromatic rings. The summed E-state index contributed by atoms with van der Waals surface area (Å²) in [5, 5.41) is 0. The summed E-state index contributed by atoms with van der Waals surface area (Å²) in [6, 6.07) is 4.30. The van der Waals surface area contributed by atoms with Crippen LogP contribution >= 0.6 is 22.7 Å². The summed E-state index contributed by atoms with van der Waals surface area (Å²) in [4.78, 5) is 5.02. The van der Waals surface area contributed by atoms with Crippen LogP contribution in [-0.4, -0.2) is 13.2 Å². The molecule has 2 aromatic heterocycles. The first-order valence-corrected chi connectivity index (χ1v) is 6.85. The van der Waals surface area contributed by atoms with E-state index in [1.165, 1.54) is 19.5 Å². The second kappa shape index (κ2) is 3.79. The van der Waals surface area contributed by atoms with Gasteiger partial charge in [-0.1, -0.05) is 0 Å². The van der Waals surface area contributed by atoms with Gasteiger partial charge in [-0.2, -0.15) is 0 Å². The molecule has 0 saturated heterocycles. The van der Waals surface area contributed by atoms with E-state index in [0.29, 0.717) is 13.2 Å². The van der Waals surface area contributed by atoms with E-state index in [9.17, 15) is 0 Å². The number of thiophene rings is 2. The Bertz CT molecular complexity index is 525. The molecule has 0 fully saturated rings. The standard InChI is InChI=1S/C12H12O2S2/c1-7-3-4-9(15-7)12-11-10(8(2)16-12)13-5-6-14-11/h3-4H,5-6H2,1-2H3. The quantitative estimate of drug-likeness (QED) is 0.767. The summed E-state index contributed by atoms with van der Waals surface area (Å²) in [7, 11) is 0. The molecule has 1 aliphatic heterocycles. The molecule has 0 spiro atoms. The van der Waals surface area contributed by atoms with Crippen molar-refractivity contribution < 1.29 is 9.47 Å². The SMILES string of the molecule is Cc1ccc(-c2sc(C)c3c2OCCO3)s1. The van der Waals surface area contributed by atoms with E-state index in [-0.39, 0.29) is 0 Å². The van der Waals surface area contributed by atoms with Gasteiger partial charge in [0.05, 0.1) is 4.88 Å². The van der Waals surface area contributed by atoms with Crippen LogP contribution in [0.1, 0.15) is 9.75 Å². The summed E-state index contributed by atoms with van der Waals surface area (Å²) in [6.45, 7) is 5.52. The van der Waals surface area contributed by atoms with Crippen LogP contribution in [0.5, 0.6) is 11.5 Å². The zero-order chi connectivity index (χ0) is 11.1. The monoisotopic (exact) mass is 252 g/mol. The van der Waals surface area contributed by atoms with E-state index in [2.05, 4.69) is 26.0 Å². The number of hydrogen-bond donors (Lipinski definition) is 0. The van der Waals surface area contributed by atoms with Gasteiger partial charge in [-0.25, -0.2) is 0 Å². The molecule has 16 heavy (non-hydrogen) atoms. The predicted octanol–water partition coefficient (Wildman–Crippen LogP) is 3.86. The highest BCUT2D eigenvalue weighted by Crippen LogP contribution is 2.50. The molecule has 4 heteroatoms. The van der Waals surface area contributed by atoms with Gasteiger partial charge >= 0.3 is 0 Å². The summed E-state index contributed by atoms with van der Waals surface area (Å²) in [5.74, 6) is 1.88. The third kappa shape index (κ3) is 1.53. The summed E-state index contributed by atoms with van der Waals surface area (Å²) < 4.78 is 11.4. The fraction of sp³-hybridized carbons (Fsp3) is 0.333. The molecule has 84 valence electrons. The van der Waals surface area contributed by atoms with Crippen molar-refractivity contribution in [2.24, 2.45) is 0 Å². The largest absolute Gasteiger partial charge is 0.485 e. The molecule has 0 radical (unpaired) electrons. The molecule has 2 nitrogen and oxygen atoms in total. The van der Waals surface area contributed by atoms with Crippen LogP contribution in [0.4, 0.5) is 0 Å². The van der Waals surface area contributed by atoms with Gasteiger partial charge in [-0.15, -0.1) is 22.7 Å². The minimum atomic E-state index is 0.653. The van der Waals surface area contributed by atoms with E-state index >= 15 is 0 Å². The van der Waals surface area contributed by atoms with Crippen LogP contribution in [0.3, 0.4) is 0 Å². The maximum absolute atomic E-state index is 5.73. The first kappa shape index (κ1) is 10.2. The fourth-order valence-electron chi connectivity index (χ4n) is 1.81. The topological polar surface area (TPSA) is 18.5 Å². The van der Waals surface area contributed by atoms with E-state index < -0.39 is 0 Å². The van der Waals surface area contributed by atoms with Gasteiger partial charge in [-0.05, 0) is 26.0 Å². The number of rotatable bonds is 1. The summed E-state index contributed by atoms with van der Waals surface area (Å²) >= 11 is 3.56. The number of aryl methyl sites for hydroxylation is 2. The van der Waals surface area contributed by atoms with Gasteiger partial charge < -0.3 is 9.47 Å². The predicted molar refractivity (Wildman–Crippen MR) is 68.1 cm³/mol. The van der Waals surface area contributed by atoms with Crippen molar-refractivity contribution in [2.45, 2.75) is 13.8 Å². The minimum Gasteiger partial charge on any atom is -0.485 e. The van der Waals surface area contributed by atoms with Crippen molar-refractivity contribution in [1.29, 1.82) is 0 Å². The summed E-state index contributed by atoms with van der Waals surface area (Å²) in [5.41, 5.74) is 0. The van der Waals surface area contributed by atoms with E-state index in [1.807, 2.05) is 0 Å². The third-order valence-electron chi connectivity index (χ3n) is 2.53. The Balaban J connectivity index is 2.14. The zero-order valence-corrected chi connectivity index (χ0v) is 10.8. The van der Waals surface area contributed by atoms with Crippen LogP contribution in [0.15, 0.2) is 12.1 Å². The van der Waals surface area contributed by atoms with Crippen molar-refractivity contribution in [3.05, 3.63) is 21.9 Å². The second-order valence-corrected chi connectivity index (χ2v) is 6.27. The third-order valence-corrected chi connectivity index (χ3v) is 4.78. The molecule has 0 bridgehead atoms. The van der Waals surface area contributed by atoms with Crippen LogP contribution in [0.25, 0.3) is 9.75 Å². The Labute approximate surface area is 102 Å². The lowest BCUT2D eigenvalue weighted by atomic mass is 10.3. The maximum atomic E-state index is 5.73. The lowest BCUT2D eigenvalue weighted by Gasteiger charge is -2.16. The molecular weight excluding hydrogens is 240 g/mol. The van der Waals surface area contributed by atoms with Crippen molar-refractivity contribution in [1.82, 2.24) is 0 Å². The van der Waals surface area contributed by atoms with Crippen LogP contribution in [0, 0.1) is 13.8 Å². The molecule has 0 saturated carbocycles. The van der Waals surface area contributed by atoms with Crippen molar-refractivity contribution >= 4 is 22.7 Å². The first-order valence-electron chi connectivity index (χ1n) is 5.21. The van der Waals surface area contributed by atoms with Crippen molar-refractivity contribution in [3.8, 4) is 21.3 Å². The van der Waals surface area contributed by atoms with Gasteiger partial charge in [0.2, 0.25) is 0 Å². The number of fused-ring (bicyclic) bond motifs is 1. The molecule has 0 aromatic carbocycles. The molecule has 3 heterocycles.